The highest BCUT2D eigenvalue weighted by Gasteiger charge is 2.29. The molecule has 0 aliphatic heterocycles. The van der Waals surface area contributed by atoms with Gasteiger partial charge in [-0.15, -0.1) is 0 Å². The first-order valence-electron chi connectivity index (χ1n) is 13.7. The SMILES string of the molecule is CC(C)n1c(C=C[C@@H](O)C[C@@H](O)CC(=O)O)c(-c2ccc(F)cc2)c(-c2ccccc2)c1C(=O)NCc1ccccn1. The molecule has 0 fully saturated rings. The van der Waals surface area contributed by atoms with Crippen LogP contribution in [0.1, 0.15) is 54.6 Å². The molecule has 2 atom stereocenters. The Bertz CT molecular complexity index is 1530. The molecule has 0 aliphatic rings. The topological polar surface area (TPSA) is 125 Å². The molecule has 0 aliphatic carbocycles. The summed E-state index contributed by atoms with van der Waals surface area (Å²) in [7, 11) is 0. The smallest absolute Gasteiger partial charge is 0.305 e. The number of carboxylic acid groups (broad SMARTS) is 1. The first kappa shape index (κ1) is 30.4. The molecule has 2 aromatic heterocycles. The highest BCUT2D eigenvalue weighted by Crippen LogP contribution is 2.42. The number of carbonyl (C=O) groups excluding carboxylic acids is 1. The van der Waals surface area contributed by atoms with E-state index < -0.39 is 30.4 Å². The Labute approximate surface area is 243 Å². The lowest BCUT2D eigenvalue weighted by molar-refractivity contribution is -0.139. The van der Waals surface area contributed by atoms with Crippen LogP contribution in [0.4, 0.5) is 4.39 Å². The molecule has 0 spiro atoms. The van der Waals surface area contributed by atoms with E-state index in [1.807, 2.05) is 60.9 Å². The van der Waals surface area contributed by atoms with Crippen LogP contribution >= 0.6 is 0 Å². The monoisotopic (exact) mass is 571 g/mol. The number of aliphatic hydroxyl groups is 2. The van der Waals surface area contributed by atoms with E-state index in [1.165, 1.54) is 18.2 Å². The van der Waals surface area contributed by atoms with E-state index in [-0.39, 0.29) is 24.9 Å². The first-order chi connectivity index (χ1) is 20.2. The Kier molecular flexibility index (Phi) is 10.0. The Morgan fingerprint density at radius 1 is 0.952 bits per heavy atom. The van der Waals surface area contributed by atoms with Gasteiger partial charge in [0.2, 0.25) is 0 Å². The van der Waals surface area contributed by atoms with Gasteiger partial charge in [-0.1, -0.05) is 54.6 Å². The van der Waals surface area contributed by atoms with Gasteiger partial charge in [0.15, 0.2) is 0 Å². The molecule has 0 unspecified atom stereocenters. The maximum atomic E-state index is 14.0. The largest absolute Gasteiger partial charge is 0.481 e. The average molecular weight is 572 g/mol. The van der Waals surface area contributed by atoms with E-state index >= 15 is 0 Å². The Balaban J connectivity index is 1.91. The van der Waals surface area contributed by atoms with Crippen LogP contribution in [0, 0.1) is 5.82 Å². The van der Waals surface area contributed by atoms with Gasteiger partial charge in [0.05, 0.1) is 30.9 Å². The quantitative estimate of drug-likeness (QED) is 0.179. The number of hydrogen-bond acceptors (Lipinski definition) is 5. The zero-order chi connectivity index (χ0) is 30.2. The predicted octanol–water partition coefficient (Wildman–Crippen LogP) is 5.47. The molecule has 4 rings (SSSR count). The molecular weight excluding hydrogens is 537 g/mol. The lowest BCUT2D eigenvalue weighted by Gasteiger charge is -2.17. The number of nitrogens with one attached hydrogen (secondary N) is 1. The Morgan fingerprint density at radius 3 is 2.24 bits per heavy atom. The van der Waals surface area contributed by atoms with E-state index in [4.69, 9.17) is 5.11 Å². The number of halogens is 1. The van der Waals surface area contributed by atoms with E-state index in [2.05, 4.69) is 10.3 Å². The molecule has 42 heavy (non-hydrogen) atoms. The summed E-state index contributed by atoms with van der Waals surface area (Å²) < 4.78 is 15.9. The second-order valence-electron chi connectivity index (χ2n) is 10.2. The second-order valence-corrected chi connectivity index (χ2v) is 10.2. The number of aromatic nitrogens is 2. The van der Waals surface area contributed by atoms with Crippen molar-refractivity contribution in [2.45, 2.75) is 51.5 Å². The summed E-state index contributed by atoms with van der Waals surface area (Å²) in [6, 6.07) is 20.6. The molecule has 4 aromatic rings. The first-order valence-corrected chi connectivity index (χ1v) is 13.7. The van der Waals surface area contributed by atoms with Gasteiger partial charge in [-0.05, 0) is 55.3 Å². The molecule has 4 N–H and O–H groups in total. The third-order valence-corrected chi connectivity index (χ3v) is 6.73. The molecule has 0 saturated heterocycles. The normalized spacial score (nSPS) is 12.9. The molecule has 1 amide bonds. The van der Waals surface area contributed by atoms with Crippen molar-refractivity contribution in [3.05, 3.63) is 108 Å². The highest BCUT2D eigenvalue weighted by molar-refractivity contribution is 6.06. The number of carbonyl (C=O) groups is 2. The van der Waals surface area contributed by atoms with Crippen molar-refractivity contribution in [3.63, 3.8) is 0 Å². The van der Waals surface area contributed by atoms with Gasteiger partial charge in [0.25, 0.3) is 5.91 Å². The molecule has 2 aromatic carbocycles. The molecule has 218 valence electrons. The number of aliphatic carboxylic acids is 1. The summed E-state index contributed by atoms with van der Waals surface area (Å²) in [5.74, 6) is -1.91. The van der Waals surface area contributed by atoms with Gasteiger partial charge >= 0.3 is 5.97 Å². The molecule has 8 nitrogen and oxygen atoms in total. The van der Waals surface area contributed by atoms with Crippen LogP contribution in [0.3, 0.4) is 0 Å². The Morgan fingerprint density at radius 2 is 1.62 bits per heavy atom. The fourth-order valence-electron chi connectivity index (χ4n) is 4.93. The van der Waals surface area contributed by atoms with E-state index in [0.29, 0.717) is 33.8 Å². The summed E-state index contributed by atoms with van der Waals surface area (Å²) in [5.41, 5.74) is 4.38. The van der Waals surface area contributed by atoms with Crippen molar-refractivity contribution >= 4 is 18.0 Å². The predicted molar refractivity (Wildman–Crippen MR) is 159 cm³/mol. The molecular formula is C33H34FN3O5. The molecule has 0 saturated carbocycles. The maximum absolute atomic E-state index is 14.0. The van der Waals surface area contributed by atoms with E-state index in [9.17, 15) is 24.2 Å². The van der Waals surface area contributed by atoms with Crippen LogP contribution in [-0.4, -0.2) is 49.0 Å². The van der Waals surface area contributed by atoms with Crippen molar-refractivity contribution in [2.75, 3.05) is 0 Å². The standard InChI is InChI=1S/C33H34FN3O5/c1-21(2)37-28(16-15-26(38)18-27(39)19-29(40)41)30(23-11-13-24(34)14-12-23)31(22-8-4-3-5-9-22)32(37)33(42)36-20-25-10-6-7-17-35-25/h3-17,21,26-27,38-39H,18-20H2,1-2H3,(H,36,42)(H,40,41)/t26-,27-/m1/s1. The highest BCUT2D eigenvalue weighted by atomic mass is 19.1. The zero-order valence-corrected chi connectivity index (χ0v) is 23.4. The van der Waals surface area contributed by atoms with Crippen molar-refractivity contribution in [1.29, 1.82) is 0 Å². The number of benzene rings is 2. The van der Waals surface area contributed by atoms with Crippen LogP contribution in [0.15, 0.2) is 85.1 Å². The van der Waals surface area contributed by atoms with Crippen molar-refractivity contribution in [3.8, 4) is 22.3 Å². The van der Waals surface area contributed by atoms with Gasteiger partial charge in [0, 0.05) is 35.5 Å². The van der Waals surface area contributed by atoms with Gasteiger partial charge in [-0.3, -0.25) is 14.6 Å². The molecule has 0 bridgehead atoms. The number of nitrogens with zero attached hydrogens (tertiary/aromatic N) is 2. The van der Waals surface area contributed by atoms with Crippen LogP contribution in [0.2, 0.25) is 0 Å². The summed E-state index contributed by atoms with van der Waals surface area (Å²) in [4.78, 5) is 29.3. The van der Waals surface area contributed by atoms with Crippen LogP contribution < -0.4 is 5.32 Å². The third-order valence-electron chi connectivity index (χ3n) is 6.73. The van der Waals surface area contributed by atoms with Gasteiger partial charge < -0.3 is 25.2 Å². The number of pyridine rings is 1. The summed E-state index contributed by atoms with van der Waals surface area (Å²) in [5, 5.41) is 32.6. The minimum Gasteiger partial charge on any atom is -0.481 e. The van der Waals surface area contributed by atoms with E-state index in [1.54, 1.807) is 30.5 Å². The van der Waals surface area contributed by atoms with Crippen molar-refractivity contribution in [1.82, 2.24) is 14.9 Å². The van der Waals surface area contributed by atoms with Crippen LogP contribution in [-0.2, 0) is 11.3 Å². The number of hydrogen-bond donors (Lipinski definition) is 4. The fraction of sp³-hybridized carbons (Fsp3) is 0.242. The second kappa shape index (κ2) is 13.8. The lowest BCUT2D eigenvalue weighted by atomic mass is 9.94. The van der Waals surface area contributed by atoms with Crippen LogP contribution in [0.25, 0.3) is 28.3 Å². The molecule has 0 radical (unpaired) electrons. The summed E-state index contributed by atoms with van der Waals surface area (Å²) in [6.07, 6.45) is 1.73. The number of rotatable bonds is 12. The van der Waals surface area contributed by atoms with Gasteiger partial charge in [-0.25, -0.2) is 4.39 Å². The lowest BCUT2D eigenvalue weighted by Crippen LogP contribution is -2.27. The Hall–Kier alpha value is -4.60. The minimum atomic E-state index is -1.23. The van der Waals surface area contributed by atoms with Gasteiger partial charge in [-0.2, -0.15) is 0 Å². The molecule has 2 heterocycles. The number of amides is 1. The average Bonchev–Trinajstić information content (AvgIpc) is 3.31. The third kappa shape index (κ3) is 7.37. The minimum absolute atomic E-state index is 0.181. The molecule has 9 heteroatoms. The van der Waals surface area contributed by atoms with Crippen LogP contribution in [0.5, 0.6) is 0 Å². The number of aliphatic hydroxyl groups excluding tert-OH is 2. The summed E-state index contributed by atoms with van der Waals surface area (Å²) >= 11 is 0. The van der Waals surface area contributed by atoms with E-state index in [0.717, 1.165) is 5.56 Å². The van der Waals surface area contributed by atoms with Gasteiger partial charge in [0.1, 0.15) is 11.5 Å². The maximum Gasteiger partial charge on any atom is 0.305 e. The van der Waals surface area contributed by atoms with Crippen molar-refractivity contribution in [2.24, 2.45) is 0 Å². The van der Waals surface area contributed by atoms with Crippen molar-refractivity contribution < 1.29 is 29.3 Å². The number of carboxylic acids is 1. The summed E-state index contributed by atoms with van der Waals surface area (Å²) in [6.45, 7) is 4.07. The zero-order valence-electron chi connectivity index (χ0n) is 23.4. The fourth-order valence-corrected chi connectivity index (χ4v) is 4.93.